The molecule has 1 fully saturated rings. The van der Waals surface area contributed by atoms with Gasteiger partial charge in [0, 0.05) is 13.0 Å². The van der Waals surface area contributed by atoms with Crippen molar-refractivity contribution < 1.29 is 33.3 Å². The number of aromatic nitrogens is 1. The second-order valence-electron chi connectivity index (χ2n) is 6.11. The van der Waals surface area contributed by atoms with E-state index in [1.165, 1.54) is 10.6 Å². The Kier molecular flexibility index (Phi) is 5.43. The maximum atomic E-state index is 12.8. The van der Waals surface area contributed by atoms with Crippen LogP contribution in [0.5, 0.6) is 0 Å². The van der Waals surface area contributed by atoms with Crippen LogP contribution in [-0.4, -0.2) is 49.2 Å². The van der Waals surface area contributed by atoms with Crippen molar-refractivity contribution in [1.29, 1.82) is 0 Å². The van der Waals surface area contributed by atoms with E-state index in [4.69, 9.17) is 18.9 Å². The molecule has 1 aromatic heterocycles. The predicted molar refractivity (Wildman–Crippen MR) is 90.3 cm³/mol. The van der Waals surface area contributed by atoms with Crippen LogP contribution in [0.25, 0.3) is 0 Å². The van der Waals surface area contributed by atoms with Crippen LogP contribution in [0, 0.1) is 0 Å². The summed E-state index contributed by atoms with van der Waals surface area (Å²) in [5.74, 6) is -4.42. The molecule has 3 rings (SSSR count). The molecule has 0 amide bonds. The maximum absolute atomic E-state index is 12.8. The van der Waals surface area contributed by atoms with Crippen molar-refractivity contribution in [3.05, 3.63) is 33.2 Å². The zero-order valence-corrected chi connectivity index (χ0v) is 15.2. The van der Waals surface area contributed by atoms with Gasteiger partial charge in [0.05, 0.1) is 37.7 Å². The monoisotopic (exact) mass is 379 g/mol. The number of rotatable bonds is 6. The molecule has 0 radical (unpaired) electrons. The first-order chi connectivity index (χ1) is 13.0. The second kappa shape index (κ2) is 7.61. The summed E-state index contributed by atoms with van der Waals surface area (Å²) in [6, 6.07) is 1.45. The Balaban J connectivity index is 2.19. The molecule has 3 heterocycles. The number of pyridine rings is 1. The van der Waals surface area contributed by atoms with E-state index in [0.29, 0.717) is 38.2 Å². The molecule has 0 aliphatic carbocycles. The molecule has 9 heteroatoms. The molecule has 2 aliphatic rings. The van der Waals surface area contributed by atoms with Gasteiger partial charge in [-0.05, 0) is 25.5 Å². The Morgan fingerprint density at radius 2 is 1.81 bits per heavy atom. The van der Waals surface area contributed by atoms with Gasteiger partial charge in [-0.1, -0.05) is 0 Å². The zero-order valence-electron chi connectivity index (χ0n) is 15.2. The third-order valence-corrected chi connectivity index (χ3v) is 4.65. The number of esters is 2. The van der Waals surface area contributed by atoms with Gasteiger partial charge in [-0.25, -0.2) is 0 Å². The number of nitrogens with zero attached hydrogens (tertiary/aromatic N) is 1. The van der Waals surface area contributed by atoms with Crippen molar-refractivity contribution in [3.8, 4) is 0 Å². The van der Waals surface area contributed by atoms with E-state index in [1.54, 1.807) is 13.8 Å². The number of ether oxygens (including phenoxy) is 4. The summed E-state index contributed by atoms with van der Waals surface area (Å²) in [6.45, 7) is 4.27. The molecule has 0 N–H and O–H groups in total. The number of carbonyl (C=O) groups is 3. The lowest BCUT2D eigenvalue weighted by Gasteiger charge is -2.24. The molecule has 27 heavy (non-hydrogen) atoms. The Hall–Kier alpha value is -2.52. The van der Waals surface area contributed by atoms with Gasteiger partial charge in [0.25, 0.3) is 5.56 Å². The van der Waals surface area contributed by atoms with E-state index < -0.39 is 29.2 Å². The van der Waals surface area contributed by atoms with Crippen LogP contribution in [0.3, 0.4) is 0 Å². The van der Waals surface area contributed by atoms with Crippen LogP contribution in [0.2, 0.25) is 0 Å². The minimum absolute atomic E-state index is 0.0330. The molecule has 0 bridgehead atoms. The van der Waals surface area contributed by atoms with Gasteiger partial charge in [-0.15, -0.1) is 0 Å². The van der Waals surface area contributed by atoms with Crippen LogP contribution in [0.4, 0.5) is 0 Å². The lowest BCUT2D eigenvalue weighted by molar-refractivity contribution is -0.164. The molecular formula is C18H21NO8. The summed E-state index contributed by atoms with van der Waals surface area (Å²) in [7, 11) is 0. The van der Waals surface area contributed by atoms with Crippen molar-refractivity contribution in [2.45, 2.75) is 38.5 Å². The number of fused-ring (bicyclic) bond motifs is 2. The first-order valence-corrected chi connectivity index (χ1v) is 8.83. The Morgan fingerprint density at radius 3 is 2.33 bits per heavy atom. The molecule has 146 valence electrons. The van der Waals surface area contributed by atoms with Crippen LogP contribution in [0.15, 0.2) is 10.9 Å². The highest BCUT2D eigenvalue weighted by Gasteiger charge is 2.47. The number of carbonyl (C=O) groups excluding carboxylic acids is 3. The highest BCUT2D eigenvalue weighted by molar-refractivity contribution is 6.02. The molecule has 9 nitrogen and oxygen atoms in total. The van der Waals surface area contributed by atoms with Gasteiger partial charge < -0.3 is 23.5 Å². The highest BCUT2D eigenvalue weighted by Crippen LogP contribution is 2.40. The van der Waals surface area contributed by atoms with Gasteiger partial charge >= 0.3 is 11.9 Å². The smallest absolute Gasteiger partial charge is 0.324 e. The van der Waals surface area contributed by atoms with Crippen molar-refractivity contribution >= 4 is 18.2 Å². The Morgan fingerprint density at radius 1 is 1.22 bits per heavy atom. The molecule has 0 atom stereocenters. The van der Waals surface area contributed by atoms with E-state index in [-0.39, 0.29) is 24.3 Å². The van der Waals surface area contributed by atoms with Crippen molar-refractivity contribution in [3.63, 3.8) is 0 Å². The van der Waals surface area contributed by atoms with E-state index in [2.05, 4.69) is 0 Å². The van der Waals surface area contributed by atoms with Crippen LogP contribution in [0.1, 0.15) is 47.8 Å². The third-order valence-electron chi connectivity index (χ3n) is 4.65. The quantitative estimate of drug-likeness (QED) is 0.399. The minimum atomic E-state index is -1.54. The Labute approximate surface area is 155 Å². The SMILES string of the molecule is CCOC(=O)C(C(=O)OCC)c1cc2n(c(=O)c1C=O)CCC21OCCO1. The van der Waals surface area contributed by atoms with E-state index in [9.17, 15) is 19.2 Å². The largest absolute Gasteiger partial charge is 0.465 e. The van der Waals surface area contributed by atoms with E-state index >= 15 is 0 Å². The number of aldehydes is 1. The number of hydrogen-bond acceptors (Lipinski definition) is 8. The molecule has 0 saturated carbocycles. The van der Waals surface area contributed by atoms with Gasteiger partial charge in [-0.3, -0.25) is 19.2 Å². The zero-order chi connectivity index (χ0) is 19.6. The van der Waals surface area contributed by atoms with Gasteiger partial charge in [0.1, 0.15) is 0 Å². The summed E-state index contributed by atoms with van der Waals surface area (Å²) in [5.41, 5.74) is -0.560. The lowest BCUT2D eigenvalue weighted by Crippen LogP contribution is -2.34. The summed E-state index contributed by atoms with van der Waals surface area (Å²) < 4.78 is 22.7. The summed E-state index contributed by atoms with van der Waals surface area (Å²) >= 11 is 0. The fourth-order valence-electron chi connectivity index (χ4n) is 3.51. The standard InChI is InChI=1S/C18H21NO8/c1-3-24-16(22)14(17(23)25-4-2)11-9-13-18(26-7-8-27-18)5-6-19(13)15(21)12(11)10-20/h9-10,14H,3-8H2,1-2H3. The van der Waals surface area contributed by atoms with Crippen molar-refractivity contribution in [1.82, 2.24) is 4.57 Å². The minimum Gasteiger partial charge on any atom is -0.465 e. The lowest BCUT2D eigenvalue weighted by atomic mass is 9.94. The van der Waals surface area contributed by atoms with E-state index in [1.807, 2.05) is 0 Å². The molecule has 1 aromatic rings. The molecular weight excluding hydrogens is 358 g/mol. The molecule has 2 aliphatic heterocycles. The molecule has 0 unspecified atom stereocenters. The van der Waals surface area contributed by atoms with Crippen LogP contribution < -0.4 is 5.56 Å². The van der Waals surface area contributed by atoms with Crippen molar-refractivity contribution in [2.24, 2.45) is 0 Å². The summed E-state index contributed by atoms with van der Waals surface area (Å²) in [5, 5.41) is 0. The van der Waals surface area contributed by atoms with Crippen LogP contribution in [-0.2, 0) is 40.9 Å². The van der Waals surface area contributed by atoms with Gasteiger partial charge in [0.15, 0.2) is 12.2 Å². The average Bonchev–Trinajstić information content (AvgIpc) is 3.25. The fraction of sp³-hybridized carbons (Fsp3) is 0.556. The first kappa shape index (κ1) is 19.2. The van der Waals surface area contributed by atoms with E-state index in [0.717, 1.165) is 0 Å². The van der Waals surface area contributed by atoms with Crippen molar-refractivity contribution in [2.75, 3.05) is 26.4 Å². The topological polar surface area (TPSA) is 110 Å². The summed E-state index contributed by atoms with van der Waals surface area (Å²) in [6.07, 6.45) is 0.741. The predicted octanol–water partition coefficient (Wildman–Crippen LogP) is 0.474. The highest BCUT2D eigenvalue weighted by atomic mass is 16.7. The third kappa shape index (κ3) is 3.17. The molecule has 0 aromatic carbocycles. The number of hydrogen-bond donors (Lipinski definition) is 0. The average molecular weight is 379 g/mol. The fourth-order valence-corrected chi connectivity index (χ4v) is 3.51. The first-order valence-electron chi connectivity index (χ1n) is 8.83. The maximum Gasteiger partial charge on any atom is 0.324 e. The van der Waals surface area contributed by atoms with Gasteiger partial charge in [-0.2, -0.15) is 0 Å². The Bertz CT molecular complexity index is 803. The second-order valence-corrected chi connectivity index (χ2v) is 6.11. The van der Waals surface area contributed by atoms with Gasteiger partial charge in [0.2, 0.25) is 5.79 Å². The normalized spacial score (nSPS) is 17.1. The molecule has 1 spiro atoms. The summed E-state index contributed by atoms with van der Waals surface area (Å²) in [4.78, 5) is 49.4. The molecule has 1 saturated heterocycles. The van der Waals surface area contributed by atoms with Crippen LogP contribution >= 0.6 is 0 Å².